The van der Waals surface area contributed by atoms with Gasteiger partial charge in [-0.05, 0) is 23.3 Å². The Hall–Kier alpha value is -1.44. The average molecular weight is 285 g/mol. The second-order valence-electron chi connectivity index (χ2n) is 4.39. The van der Waals surface area contributed by atoms with Crippen molar-refractivity contribution in [2.45, 2.75) is 19.1 Å². The summed E-state index contributed by atoms with van der Waals surface area (Å²) in [4.78, 5) is 11.1. The van der Waals surface area contributed by atoms with Crippen LogP contribution in [0.4, 0.5) is 0 Å². The molecule has 1 aliphatic rings. The maximum Gasteiger partial charge on any atom is 0.264 e. The summed E-state index contributed by atoms with van der Waals surface area (Å²) in [5, 5.41) is 0. The van der Waals surface area contributed by atoms with Gasteiger partial charge in [-0.1, -0.05) is 6.07 Å². The molecule has 1 aromatic carbocycles. The van der Waals surface area contributed by atoms with Crippen LogP contribution in [0.5, 0.6) is 0 Å². The molecule has 0 bridgehead atoms. The SMILES string of the molecule is CS(=O)(=O)OCCC1OCc2cc(C(N)=O)ccc21. The normalized spacial score (nSPS) is 18.3. The molecule has 6 nitrogen and oxygen atoms in total. The number of ether oxygens (including phenoxy) is 1. The highest BCUT2D eigenvalue weighted by Crippen LogP contribution is 2.33. The van der Waals surface area contributed by atoms with Gasteiger partial charge in [0.05, 0.1) is 25.6 Å². The van der Waals surface area contributed by atoms with Gasteiger partial charge in [-0.25, -0.2) is 0 Å². The van der Waals surface area contributed by atoms with Crippen LogP contribution >= 0.6 is 0 Å². The van der Waals surface area contributed by atoms with E-state index >= 15 is 0 Å². The molecule has 0 radical (unpaired) electrons. The summed E-state index contributed by atoms with van der Waals surface area (Å²) in [5.41, 5.74) is 7.49. The van der Waals surface area contributed by atoms with Crippen LogP contribution in [-0.2, 0) is 25.6 Å². The van der Waals surface area contributed by atoms with Crippen LogP contribution in [0.25, 0.3) is 0 Å². The van der Waals surface area contributed by atoms with Gasteiger partial charge < -0.3 is 10.5 Å². The largest absolute Gasteiger partial charge is 0.369 e. The molecule has 0 saturated heterocycles. The fourth-order valence-electron chi connectivity index (χ4n) is 2.02. The molecule has 2 N–H and O–H groups in total. The van der Waals surface area contributed by atoms with Gasteiger partial charge in [0.2, 0.25) is 5.91 Å². The molecule has 1 unspecified atom stereocenters. The molecule has 1 amide bonds. The summed E-state index contributed by atoms with van der Waals surface area (Å²) in [7, 11) is -3.43. The first-order valence-corrected chi connectivity index (χ1v) is 7.57. The Kier molecular flexibility index (Phi) is 3.88. The Balaban J connectivity index is 2.04. The van der Waals surface area contributed by atoms with Gasteiger partial charge in [0.1, 0.15) is 0 Å². The van der Waals surface area contributed by atoms with Gasteiger partial charge in [-0.15, -0.1) is 0 Å². The fraction of sp³-hybridized carbons (Fsp3) is 0.417. The maximum atomic E-state index is 11.1. The lowest BCUT2D eigenvalue weighted by atomic mass is 10.0. The average Bonchev–Trinajstić information content (AvgIpc) is 2.70. The van der Waals surface area contributed by atoms with Gasteiger partial charge in [-0.3, -0.25) is 8.98 Å². The standard InChI is InChI=1S/C12H15NO5S/c1-19(15,16)18-5-4-11-10-3-2-8(12(13)14)6-9(10)7-17-11/h2-3,6,11H,4-5,7H2,1H3,(H2,13,14). The quantitative estimate of drug-likeness (QED) is 0.804. The van der Waals surface area contributed by atoms with E-state index < -0.39 is 16.0 Å². The van der Waals surface area contributed by atoms with Crippen molar-refractivity contribution in [2.24, 2.45) is 5.73 Å². The fourth-order valence-corrected chi connectivity index (χ4v) is 2.42. The molecular weight excluding hydrogens is 270 g/mol. The predicted octanol–water partition coefficient (Wildman–Crippen LogP) is 0.723. The van der Waals surface area contributed by atoms with Crippen LogP contribution in [0.1, 0.15) is 34.0 Å². The highest BCUT2D eigenvalue weighted by molar-refractivity contribution is 7.85. The van der Waals surface area contributed by atoms with E-state index in [9.17, 15) is 13.2 Å². The molecule has 1 heterocycles. The summed E-state index contributed by atoms with van der Waals surface area (Å²) in [5.74, 6) is -0.480. The summed E-state index contributed by atoms with van der Waals surface area (Å²) in [6.07, 6.45) is 1.24. The molecule has 2 rings (SSSR count). The van der Waals surface area contributed by atoms with Crippen molar-refractivity contribution in [1.82, 2.24) is 0 Å². The number of hydrogen-bond donors (Lipinski definition) is 1. The van der Waals surface area contributed by atoms with Gasteiger partial charge >= 0.3 is 0 Å². The monoisotopic (exact) mass is 285 g/mol. The van der Waals surface area contributed by atoms with Gasteiger partial charge in [0, 0.05) is 12.0 Å². The summed E-state index contributed by atoms with van der Waals surface area (Å²) < 4.78 is 31.9. The van der Waals surface area contributed by atoms with E-state index in [4.69, 9.17) is 10.5 Å². The zero-order valence-corrected chi connectivity index (χ0v) is 11.3. The Morgan fingerprint density at radius 1 is 1.53 bits per heavy atom. The number of benzene rings is 1. The maximum absolute atomic E-state index is 11.1. The predicted molar refractivity (Wildman–Crippen MR) is 67.9 cm³/mol. The first-order valence-electron chi connectivity index (χ1n) is 5.75. The van der Waals surface area contributed by atoms with Crippen LogP contribution in [0.15, 0.2) is 18.2 Å². The van der Waals surface area contributed by atoms with Gasteiger partial charge in [0.15, 0.2) is 0 Å². The molecule has 1 aliphatic heterocycles. The third-order valence-corrected chi connectivity index (χ3v) is 3.49. The third kappa shape index (κ3) is 3.52. The summed E-state index contributed by atoms with van der Waals surface area (Å²) in [6.45, 7) is 0.459. The van der Waals surface area contributed by atoms with Crippen molar-refractivity contribution < 1.29 is 22.1 Å². The summed E-state index contributed by atoms with van der Waals surface area (Å²) in [6, 6.07) is 5.13. The Morgan fingerprint density at radius 2 is 2.26 bits per heavy atom. The molecule has 0 saturated carbocycles. The zero-order valence-electron chi connectivity index (χ0n) is 10.5. The zero-order chi connectivity index (χ0) is 14.0. The van der Waals surface area contributed by atoms with Crippen molar-refractivity contribution in [3.05, 3.63) is 34.9 Å². The molecule has 1 atom stereocenters. The highest BCUT2D eigenvalue weighted by Gasteiger charge is 2.24. The second kappa shape index (κ2) is 5.28. The number of primary amides is 1. The number of fused-ring (bicyclic) bond motifs is 1. The van der Waals surface area contributed by atoms with Crippen molar-refractivity contribution >= 4 is 16.0 Å². The molecule has 0 fully saturated rings. The van der Waals surface area contributed by atoms with E-state index in [1.807, 2.05) is 0 Å². The molecule has 7 heteroatoms. The number of rotatable bonds is 5. The van der Waals surface area contributed by atoms with Crippen LogP contribution < -0.4 is 5.73 Å². The Labute approximate surface area is 111 Å². The molecule has 104 valence electrons. The molecule has 1 aromatic rings. The van der Waals surface area contributed by atoms with E-state index in [-0.39, 0.29) is 12.7 Å². The number of carbonyl (C=O) groups is 1. The minimum absolute atomic E-state index is 0.0700. The van der Waals surface area contributed by atoms with Crippen LogP contribution in [0, 0.1) is 0 Å². The number of hydrogen-bond acceptors (Lipinski definition) is 5. The van der Waals surface area contributed by atoms with Crippen molar-refractivity contribution in [3.63, 3.8) is 0 Å². The topological polar surface area (TPSA) is 95.7 Å². The first-order chi connectivity index (χ1) is 8.87. The van der Waals surface area contributed by atoms with Crippen LogP contribution in [-0.4, -0.2) is 27.2 Å². The lowest BCUT2D eigenvalue weighted by molar-refractivity contribution is 0.0506. The summed E-state index contributed by atoms with van der Waals surface area (Å²) >= 11 is 0. The van der Waals surface area contributed by atoms with E-state index in [2.05, 4.69) is 4.18 Å². The number of nitrogens with two attached hydrogens (primary N) is 1. The Bertz CT molecular complexity index is 596. The van der Waals surface area contributed by atoms with Gasteiger partial charge in [0.25, 0.3) is 10.1 Å². The lowest BCUT2D eigenvalue weighted by Gasteiger charge is -2.10. The molecular formula is C12H15NO5S. The van der Waals surface area contributed by atoms with Crippen molar-refractivity contribution in [1.29, 1.82) is 0 Å². The minimum Gasteiger partial charge on any atom is -0.369 e. The van der Waals surface area contributed by atoms with E-state index in [0.29, 0.717) is 18.6 Å². The van der Waals surface area contributed by atoms with Crippen LogP contribution in [0.2, 0.25) is 0 Å². The number of amides is 1. The molecule has 0 aromatic heterocycles. The second-order valence-corrected chi connectivity index (χ2v) is 6.04. The number of carbonyl (C=O) groups excluding carboxylic acids is 1. The van der Waals surface area contributed by atoms with E-state index in [1.165, 1.54) is 0 Å². The lowest BCUT2D eigenvalue weighted by Crippen LogP contribution is -2.11. The smallest absolute Gasteiger partial charge is 0.264 e. The molecule has 19 heavy (non-hydrogen) atoms. The minimum atomic E-state index is -3.43. The van der Waals surface area contributed by atoms with E-state index in [0.717, 1.165) is 17.4 Å². The van der Waals surface area contributed by atoms with E-state index in [1.54, 1.807) is 18.2 Å². The molecule has 0 aliphatic carbocycles. The molecule has 0 spiro atoms. The highest BCUT2D eigenvalue weighted by atomic mass is 32.2. The van der Waals surface area contributed by atoms with Crippen molar-refractivity contribution in [3.8, 4) is 0 Å². The van der Waals surface area contributed by atoms with Gasteiger partial charge in [-0.2, -0.15) is 8.42 Å². The Morgan fingerprint density at radius 3 is 2.89 bits per heavy atom. The first kappa shape index (κ1) is 14.0. The third-order valence-electron chi connectivity index (χ3n) is 2.89. The van der Waals surface area contributed by atoms with Crippen LogP contribution in [0.3, 0.4) is 0 Å². The van der Waals surface area contributed by atoms with Crippen molar-refractivity contribution in [2.75, 3.05) is 12.9 Å².